The minimum Gasteiger partial charge on any atom is -0.0812 e. The average molecular weight is 301 g/mol. The maximum absolute atomic E-state index is 2.49. The zero-order valence-corrected chi connectivity index (χ0v) is 15.9. The van der Waals surface area contributed by atoms with E-state index in [0.29, 0.717) is 0 Å². The van der Waals surface area contributed by atoms with Crippen LogP contribution in [0.1, 0.15) is 12.0 Å². The predicted molar refractivity (Wildman–Crippen MR) is 97.3 cm³/mol. The Balaban J connectivity index is 2.22. The van der Waals surface area contributed by atoms with E-state index < -0.39 is 16.1 Å². The van der Waals surface area contributed by atoms with Gasteiger partial charge in [-0.3, -0.25) is 0 Å². The summed E-state index contributed by atoms with van der Waals surface area (Å²) in [4.78, 5) is 0. The average Bonchev–Trinajstić information content (AvgIpc) is 2.76. The molecule has 2 heteroatoms. The molecule has 0 spiro atoms. The van der Waals surface area contributed by atoms with Gasteiger partial charge in [0.1, 0.15) is 0 Å². The van der Waals surface area contributed by atoms with E-state index in [1.807, 2.05) is 0 Å². The second-order valence-electron chi connectivity index (χ2n) is 8.00. The highest BCUT2D eigenvalue weighted by atomic mass is 28.3. The number of allylic oxidation sites excluding steroid dienone is 4. The van der Waals surface area contributed by atoms with Gasteiger partial charge in [-0.25, -0.2) is 0 Å². The molecule has 0 aliphatic heterocycles. The zero-order valence-electron chi connectivity index (χ0n) is 13.9. The molecule has 0 unspecified atom stereocenters. The maximum atomic E-state index is 2.49. The SMILES string of the molecule is C[Si](C)(C)C1=CCC(Cc2ccccc2[Si](C)(C)C)=C1. The van der Waals surface area contributed by atoms with Gasteiger partial charge in [0.2, 0.25) is 0 Å². The minimum absolute atomic E-state index is 1.14. The number of benzene rings is 1. The summed E-state index contributed by atoms with van der Waals surface area (Å²) in [5, 5.41) is 3.26. The van der Waals surface area contributed by atoms with E-state index in [1.165, 1.54) is 6.42 Å². The molecule has 0 saturated carbocycles. The van der Waals surface area contributed by atoms with Crippen LogP contribution < -0.4 is 5.19 Å². The molecule has 0 aromatic heterocycles. The number of hydrogen-bond acceptors (Lipinski definition) is 0. The van der Waals surface area contributed by atoms with E-state index in [-0.39, 0.29) is 0 Å². The van der Waals surface area contributed by atoms with Gasteiger partial charge < -0.3 is 0 Å². The fourth-order valence-corrected chi connectivity index (χ4v) is 5.96. The van der Waals surface area contributed by atoms with Gasteiger partial charge >= 0.3 is 0 Å². The Morgan fingerprint density at radius 2 is 1.55 bits per heavy atom. The lowest BCUT2D eigenvalue weighted by atomic mass is 10.0. The molecule has 0 bridgehead atoms. The molecular weight excluding hydrogens is 272 g/mol. The number of rotatable bonds is 4. The van der Waals surface area contributed by atoms with Crippen molar-refractivity contribution in [1.82, 2.24) is 0 Å². The van der Waals surface area contributed by atoms with Crippen molar-refractivity contribution in [3.8, 4) is 0 Å². The normalized spacial score (nSPS) is 16.1. The second-order valence-corrected chi connectivity index (χ2v) is 18.1. The third kappa shape index (κ3) is 3.61. The first-order valence-corrected chi connectivity index (χ1v) is 14.7. The quantitative estimate of drug-likeness (QED) is 0.693. The Morgan fingerprint density at radius 1 is 0.900 bits per heavy atom. The highest BCUT2D eigenvalue weighted by Gasteiger charge is 2.23. The maximum Gasteiger partial charge on any atom is 0.0779 e. The standard InChI is InChI=1S/C18H28Si2/c1-19(2,3)17-12-11-15(14-17)13-16-9-7-8-10-18(16)20(4,5)6/h7-10,12,14H,11,13H2,1-6H3. The topological polar surface area (TPSA) is 0 Å². The van der Waals surface area contributed by atoms with Crippen LogP contribution in [0.2, 0.25) is 39.3 Å². The molecule has 0 saturated heterocycles. The molecule has 1 aromatic carbocycles. The van der Waals surface area contributed by atoms with Gasteiger partial charge in [-0.05, 0) is 18.4 Å². The molecule has 20 heavy (non-hydrogen) atoms. The Hall–Kier alpha value is -0.866. The van der Waals surface area contributed by atoms with E-state index in [1.54, 1.807) is 21.5 Å². The van der Waals surface area contributed by atoms with Crippen molar-refractivity contribution in [1.29, 1.82) is 0 Å². The summed E-state index contributed by atoms with van der Waals surface area (Å²) in [6.07, 6.45) is 7.27. The van der Waals surface area contributed by atoms with Crippen molar-refractivity contribution in [2.24, 2.45) is 0 Å². The van der Waals surface area contributed by atoms with Crippen molar-refractivity contribution in [2.45, 2.75) is 52.1 Å². The molecule has 1 aromatic rings. The van der Waals surface area contributed by atoms with Gasteiger partial charge in [-0.2, -0.15) is 0 Å². The van der Waals surface area contributed by atoms with Crippen LogP contribution in [-0.2, 0) is 6.42 Å². The summed E-state index contributed by atoms with van der Waals surface area (Å²) in [5.41, 5.74) is 3.16. The first kappa shape index (κ1) is 15.5. The largest absolute Gasteiger partial charge is 0.0812 e. The molecule has 1 aliphatic carbocycles. The Morgan fingerprint density at radius 3 is 2.10 bits per heavy atom. The lowest BCUT2D eigenvalue weighted by Gasteiger charge is -2.21. The smallest absolute Gasteiger partial charge is 0.0779 e. The summed E-state index contributed by atoms with van der Waals surface area (Å²) in [6.45, 7) is 14.7. The molecule has 0 atom stereocenters. The molecule has 0 radical (unpaired) electrons. The van der Waals surface area contributed by atoms with Crippen LogP contribution in [0.3, 0.4) is 0 Å². The van der Waals surface area contributed by atoms with Gasteiger partial charge in [0.05, 0.1) is 16.1 Å². The van der Waals surface area contributed by atoms with Crippen molar-refractivity contribution < 1.29 is 0 Å². The summed E-state index contributed by atoms with van der Waals surface area (Å²) in [5.74, 6) is 0. The van der Waals surface area contributed by atoms with Gasteiger partial charge in [-0.15, -0.1) is 0 Å². The lowest BCUT2D eigenvalue weighted by molar-refractivity contribution is 1.09. The fourth-order valence-electron chi connectivity index (χ4n) is 2.88. The summed E-state index contributed by atoms with van der Waals surface area (Å²) < 4.78 is 0. The van der Waals surface area contributed by atoms with Crippen LogP contribution in [0.5, 0.6) is 0 Å². The predicted octanol–water partition coefficient (Wildman–Crippen LogP) is 4.91. The van der Waals surface area contributed by atoms with E-state index in [4.69, 9.17) is 0 Å². The molecular formula is C18H28Si2. The van der Waals surface area contributed by atoms with Crippen molar-refractivity contribution in [2.75, 3.05) is 0 Å². The highest BCUT2D eigenvalue weighted by molar-refractivity contribution is 6.89. The third-order valence-corrected chi connectivity index (χ3v) is 8.24. The van der Waals surface area contributed by atoms with Crippen molar-refractivity contribution >= 4 is 21.3 Å². The molecule has 0 heterocycles. The molecule has 2 rings (SSSR count). The highest BCUT2D eigenvalue weighted by Crippen LogP contribution is 2.27. The van der Waals surface area contributed by atoms with Gasteiger partial charge in [0.15, 0.2) is 0 Å². The Bertz CT molecular complexity index is 552. The van der Waals surface area contributed by atoms with Crippen LogP contribution in [-0.4, -0.2) is 16.1 Å². The van der Waals surface area contributed by atoms with Crippen molar-refractivity contribution in [3.63, 3.8) is 0 Å². The monoisotopic (exact) mass is 300 g/mol. The summed E-state index contributed by atoms with van der Waals surface area (Å²) >= 11 is 0. The van der Waals surface area contributed by atoms with Gasteiger partial charge in [-0.1, -0.05) is 91.7 Å². The molecule has 1 aliphatic rings. The van der Waals surface area contributed by atoms with Gasteiger partial charge in [0.25, 0.3) is 0 Å². The van der Waals surface area contributed by atoms with Crippen molar-refractivity contribution in [3.05, 3.63) is 52.8 Å². The van der Waals surface area contributed by atoms with Crippen LogP contribution in [0, 0.1) is 0 Å². The molecule has 108 valence electrons. The molecule has 0 N–H and O–H groups in total. The Kier molecular flexibility index (Phi) is 4.26. The summed E-state index contributed by atoms with van der Waals surface area (Å²) in [7, 11) is -2.38. The van der Waals surface area contributed by atoms with Gasteiger partial charge in [0, 0.05) is 0 Å². The summed E-state index contributed by atoms with van der Waals surface area (Å²) in [6, 6.07) is 9.08. The van der Waals surface area contributed by atoms with E-state index in [0.717, 1.165) is 6.42 Å². The van der Waals surface area contributed by atoms with E-state index in [9.17, 15) is 0 Å². The van der Waals surface area contributed by atoms with Crippen LogP contribution >= 0.6 is 0 Å². The first-order valence-electron chi connectivity index (χ1n) is 7.66. The van der Waals surface area contributed by atoms with Crippen LogP contribution in [0.15, 0.2) is 47.2 Å². The second kappa shape index (κ2) is 5.49. The fraction of sp³-hybridized carbons (Fsp3) is 0.444. The van der Waals surface area contributed by atoms with E-state index in [2.05, 4.69) is 75.7 Å². The van der Waals surface area contributed by atoms with Crippen LogP contribution in [0.25, 0.3) is 0 Å². The lowest BCUT2D eigenvalue weighted by Crippen LogP contribution is -2.40. The molecule has 0 nitrogen and oxygen atoms in total. The Labute approximate surface area is 126 Å². The van der Waals surface area contributed by atoms with E-state index >= 15 is 0 Å². The molecule has 0 amide bonds. The first-order chi connectivity index (χ1) is 9.18. The number of hydrogen-bond donors (Lipinski definition) is 0. The molecule has 0 fully saturated rings. The third-order valence-electron chi connectivity index (χ3n) is 4.05. The van der Waals surface area contributed by atoms with Crippen LogP contribution in [0.4, 0.5) is 0 Å². The zero-order chi connectivity index (χ0) is 15.0. The minimum atomic E-state index is -1.24.